The maximum Gasteiger partial charge on any atom is 0.328 e. The lowest BCUT2D eigenvalue weighted by Gasteiger charge is -1.95. The Kier molecular flexibility index (Phi) is 14.0. The van der Waals surface area contributed by atoms with Gasteiger partial charge in [-0.2, -0.15) is 0 Å². The SMILES string of the molecule is C/C(=C/C=C/C(C)=C/C=C/C=C(C)/C=C/C=C(C)/C=C/C(=O)O)CCC(=O)C=O. The van der Waals surface area contributed by atoms with E-state index in [9.17, 15) is 14.4 Å². The molecule has 0 rings (SSSR count). The third-order valence-corrected chi connectivity index (χ3v) is 3.67. The van der Waals surface area contributed by atoms with Crippen LogP contribution in [0.1, 0.15) is 40.5 Å². The van der Waals surface area contributed by atoms with Gasteiger partial charge in [0.25, 0.3) is 0 Å². The van der Waals surface area contributed by atoms with E-state index in [1.807, 2.05) is 88.5 Å². The zero-order valence-corrected chi connectivity index (χ0v) is 17.6. The largest absolute Gasteiger partial charge is 0.478 e. The van der Waals surface area contributed by atoms with E-state index in [1.54, 1.807) is 6.08 Å². The zero-order valence-electron chi connectivity index (χ0n) is 17.6. The summed E-state index contributed by atoms with van der Waals surface area (Å²) >= 11 is 0. The number of hydrogen-bond donors (Lipinski definition) is 1. The van der Waals surface area contributed by atoms with Gasteiger partial charge < -0.3 is 5.11 Å². The molecule has 0 bridgehead atoms. The minimum atomic E-state index is -0.960. The summed E-state index contributed by atoms with van der Waals surface area (Å²) in [5.74, 6) is -1.33. The molecule has 0 fully saturated rings. The highest BCUT2D eigenvalue weighted by molar-refractivity contribution is 6.24. The zero-order chi connectivity index (χ0) is 22.1. The summed E-state index contributed by atoms with van der Waals surface area (Å²) < 4.78 is 0. The summed E-state index contributed by atoms with van der Waals surface area (Å²) in [5.41, 5.74) is 4.06. The molecular formula is C25H30O4. The summed E-state index contributed by atoms with van der Waals surface area (Å²) in [6.45, 7) is 7.75. The molecule has 0 spiro atoms. The van der Waals surface area contributed by atoms with Crippen molar-refractivity contribution in [2.75, 3.05) is 0 Å². The first-order valence-corrected chi connectivity index (χ1v) is 9.34. The second kappa shape index (κ2) is 15.8. The van der Waals surface area contributed by atoms with E-state index < -0.39 is 5.97 Å². The number of carboxylic acid groups (broad SMARTS) is 1. The number of aldehydes is 1. The monoisotopic (exact) mass is 394 g/mol. The summed E-state index contributed by atoms with van der Waals surface area (Å²) in [4.78, 5) is 31.7. The van der Waals surface area contributed by atoms with Gasteiger partial charge in [-0.1, -0.05) is 89.1 Å². The lowest BCUT2D eigenvalue weighted by molar-refractivity contribution is -0.131. The number of carbonyl (C=O) groups excluding carboxylic acids is 2. The predicted molar refractivity (Wildman–Crippen MR) is 120 cm³/mol. The van der Waals surface area contributed by atoms with Crippen molar-refractivity contribution in [3.8, 4) is 0 Å². The van der Waals surface area contributed by atoms with Gasteiger partial charge in [-0.25, -0.2) is 4.79 Å². The Labute approximate surface area is 173 Å². The minimum absolute atomic E-state index is 0.256. The van der Waals surface area contributed by atoms with E-state index in [0.29, 0.717) is 12.7 Å². The number of hydrogen-bond acceptors (Lipinski definition) is 3. The standard InChI is InChI=1S/C25H30O4/c1-20(11-7-13-22(3)15-17-24(27)19-26)9-5-6-10-21(2)12-8-14-23(4)16-18-25(28)29/h5-14,16,18-19H,15,17H2,1-4H3,(H,28,29)/b6-5+,11-7+,12-8+,18-16+,20-9+,21-10+,22-13-,23-14+. The van der Waals surface area contributed by atoms with E-state index in [0.717, 1.165) is 28.4 Å². The highest BCUT2D eigenvalue weighted by Crippen LogP contribution is 2.05. The molecular weight excluding hydrogens is 364 g/mol. The highest BCUT2D eigenvalue weighted by atomic mass is 16.4. The van der Waals surface area contributed by atoms with Crippen molar-refractivity contribution in [1.82, 2.24) is 0 Å². The number of ketones is 1. The smallest absolute Gasteiger partial charge is 0.328 e. The molecule has 29 heavy (non-hydrogen) atoms. The van der Waals surface area contributed by atoms with Crippen LogP contribution < -0.4 is 0 Å². The Hall–Kier alpha value is -3.27. The van der Waals surface area contributed by atoms with Crippen LogP contribution in [-0.2, 0) is 14.4 Å². The van der Waals surface area contributed by atoms with Crippen molar-refractivity contribution in [2.45, 2.75) is 40.5 Å². The van der Waals surface area contributed by atoms with Crippen molar-refractivity contribution in [1.29, 1.82) is 0 Å². The van der Waals surface area contributed by atoms with Gasteiger partial charge in [-0.15, -0.1) is 0 Å². The van der Waals surface area contributed by atoms with Gasteiger partial charge in [0.2, 0.25) is 0 Å². The molecule has 4 heteroatoms. The summed E-state index contributed by atoms with van der Waals surface area (Å²) in [6, 6.07) is 0. The van der Waals surface area contributed by atoms with Gasteiger partial charge in [0.1, 0.15) is 0 Å². The van der Waals surface area contributed by atoms with Crippen LogP contribution >= 0.6 is 0 Å². The Morgan fingerprint density at radius 2 is 1.14 bits per heavy atom. The van der Waals surface area contributed by atoms with Gasteiger partial charge in [-0.3, -0.25) is 9.59 Å². The molecule has 0 aliphatic carbocycles. The first kappa shape index (κ1) is 25.7. The molecule has 1 N–H and O–H groups in total. The van der Waals surface area contributed by atoms with Crippen LogP contribution in [0.5, 0.6) is 0 Å². The second-order valence-electron chi connectivity index (χ2n) is 6.60. The maximum absolute atomic E-state index is 11.0. The minimum Gasteiger partial charge on any atom is -0.478 e. The van der Waals surface area contributed by atoms with Crippen molar-refractivity contribution >= 4 is 18.0 Å². The molecule has 0 aliphatic rings. The summed E-state index contributed by atoms with van der Waals surface area (Å²) in [7, 11) is 0. The van der Waals surface area contributed by atoms with Crippen LogP contribution in [0.25, 0.3) is 0 Å². The molecule has 0 aliphatic heterocycles. The Morgan fingerprint density at radius 3 is 1.66 bits per heavy atom. The van der Waals surface area contributed by atoms with Crippen LogP contribution in [0.4, 0.5) is 0 Å². The number of allylic oxidation sites excluding steroid dienone is 15. The van der Waals surface area contributed by atoms with Crippen LogP contribution in [0.15, 0.2) is 95.2 Å². The Bertz CT molecular complexity index is 810. The van der Waals surface area contributed by atoms with E-state index in [2.05, 4.69) is 0 Å². The number of aliphatic carboxylic acids is 1. The second-order valence-corrected chi connectivity index (χ2v) is 6.60. The van der Waals surface area contributed by atoms with Crippen molar-refractivity contribution in [3.63, 3.8) is 0 Å². The molecule has 0 amide bonds. The third-order valence-electron chi connectivity index (χ3n) is 3.67. The number of rotatable bonds is 12. The van der Waals surface area contributed by atoms with Gasteiger partial charge in [0, 0.05) is 12.5 Å². The Morgan fingerprint density at radius 1 is 0.655 bits per heavy atom. The molecule has 154 valence electrons. The molecule has 4 nitrogen and oxygen atoms in total. The molecule has 0 atom stereocenters. The number of carboxylic acids is 1. The molecule has 0 aromatic rings. The molecule has 0 aromatic heterocycles. The van der Waals surface area contributed by atoms with Gasteiger partial charge in [0.05, 0.1) is 0 Å². The van der Waals surface area contributed by atoms with Gasteiger partial charge in [0.15, 0.2) is 12.1 Å². The molecule has 0 aromatic carbocycles. The molecule has 0 heterocycles. The van der Waals surface area contributed by atoms with Crippen LogP contribution in [0.2, 0.25) is 0 Å². The third kappa shape index (κ3) is 16.6. The lowest BCUT2D eigenvalue weighted by atomic mass is 10.1. The lowest BCUT2D eigenvalue weighted by Crippen LogP contribution is -1.97. The fourth-order valence-corrected chi connectivity index (χ4v) is 1.96. The fourth-order valence-electron chi connectivity index (χ4n) is 1.96. The van der Waals surface area contributed by atoms with Gasteiger partial charge in [-0.05, 0) is 34.1 Å². The van der Waals surface area contributed by atoms with Crippen molar-refractivity contribution in [3.05, 3.63) is 95.2 Å². The average Bonchev–Trinajstić information content (AvgIpc) is 2.67. The van der Waals surface area contributed by atoms with Crippen LogP contribution in [-0.4, -0.2) is 23.1 Å². The van der Waals surface area contributed by atoms with E-state index >= 15 is 0 Å². The van der Waals surface area contributed by atoms with E-state index in [1.165, 1.54) is 0 Å². The van der Waals surface area contributed by atoms with Crippen molar-refractivity contribution in [2.24, 2.45) is 0 Å². The van der Waals surface area contributed by atoms with Crippen molar-refractivity contribution < 1.29 is 19.5 Å². The molecule has 0 saturated carbocycles. The first-order chi connectivity index (χ1) is 13.7. The highest BCUT2D eigenvalue weighted by Gasteiger charge is 1.98. The van der Waals surface area contributed by atoms with Crippen LogP contribution in [0, 0.1) is 0 Å². The normalized spacial score (nSPS) is 14.6. The molecule has 0 radical (unpaired) electrons. The topological polar surface area (TPSA) is 71.4 Å². The average molecular weight is 395 g/mol. The number of carbonyl (C=O) groups is 3. The summed E-state index contributed by atoms with van der Waals surface area (Å²) in [6.07, 6.45) is 23.3. The Balaban J connectivity index is 4.59. The fraction of sp³-hybridized carbons (Fsp3) is 0.240. The maximum atomic E-state index is 11.0. The summed E-state index contributed by atoms with van der Waals surface area (Å²) in [5, 5.41) is 8.57. The quantitative estimate of drug-likeness (QED) is 0.202. The van der Waals surface area contributed by atoms with E-state index in [4.69, 9.17) is 5.11 Å². The molecule has 0 unspecified atom stereocenters. The first-order valence-electron chi connectivity index (χ1n) is 9.34. The van der Waals surface area contributed by atoms with E-state index in [-0.39, 0.29) is 12.2 Å². The molecule has 0 saturated heterocycles. The van der Waals surface area contributed by atoms with Crippen LogP contribution in [0.3, 0.4) is 0 Å². The number of Topliss-reactive ketones (excluding diaryl/α,β-unsaturated/α-hetero) is 1. The predicted octanol–water partition coefficient (Wildman–Crippen LogP) is 5.63. The van der Waals surface area contributed by atoms with Gasteiger partial charge >= 0.3 is 5.97 Å².